The molecule has 1 aromatic rings. The molecule has 9 heteroatoms. The summed E-state index contributed by atoms with van der Waals surface area (Å²) < 4.78 is 21.9. The fourth-order valence-corrected chi connectivity index (χ4v) is 4.56. The number of rotatable bonds is 17. The van der Waals surface area contributed by atoms with Crippen molar-refractivity contribution in [3.05, 3.63) is 23.8 Å². The zero-order valence-electron chi connectivity index (χ0n) is 25.5. The average Bonchev–Trinajstić information content (AvgIpc) is 2.89. The molecular formula is C31H49NO8. The third-order valence-electron chi connectivity index (χ3n) is 6.88. The molecule has 2 N–H and O–H groups in total. The van der Waals surface area contributed by atoms with Gasteiger partial charge in [-0.05, 0) is 43.9 Å². The highest BCUT2D eigenvalue weighted by atomic mass is 16.6. The Hall–Kier alpha value is -2.94. The van der Waals surface area contributed by atoms with Crippen molar-refractivity contribution in [1.82, 2.24) is 0 Å². The number of hydrogen-bond donors (Lipinski definition) is 1. The van der Waals surface area contributed by atoms with Gasteiger partial charge in [0, 0.05) is 12.8 Å². The molecule has 0 radical (unpaired) electrons. The molecule has 0 spiro atoms. The van der Waals surface area contributed by atoms with Crippen LogP contribution in [0.3, 0.4) is 0 Å². The van der Waals surface area contributed by atoms with Gasteiger partial charge in [0.1, 0.15) is 11.6 Å². The Balaban J connectivity index is 3.30. The summed E-state index contributed by atoms with van der Waals surface area (Å²) in [7, 11) is 1.24. The lowest BCUT2D eigenvalue weighted by Crippen LogP contribution is -2.53. The summed E-state index contributed by atoms with van der Waals surface area (Å²) in [6.45, 7) is 13.0. The highest BCUT2D eigenvalue weighted by Crippen LogP contribution is 2.33. The monoisotopic (exact) mass is 563 g/mol. The van der Waals surface area contributed by atoms with E-state index in [1.165, 1.54) is 13.2 Å². The van der Waals surface area contributed by atoms with Crippen LogP contribution in [0.2, 0.25) is 0 Å². The average molecular weight is 564 g/mol. The standard InChI is InChI=1S/C31H49NO8/c1-9-12-20(4)27(33)38-23(7)18-31(32,30(36)37-8)19-24-15-16-25(39-28(34)21(5)13-10-2)26(17-24)40-29(35)22(6)14-11-3/h15-17,20-23H,9-14,18-19,32H2,1-8H3/t20?,21?,22?,23-,31?/m0/s1. The first-order valence-corrected chi connectivity index (χ1v) is 14.5. The first-order valence-electron chi connectivity index (χ1n) is 14.5. The Kier molecular flexibility index (Phi) is 14.9. The molecule has 0 saturated carbocycles. The molecule has 40 heavy (non-hydrogen) atoms. The second-order valence-corrected chi connectivity index (χ2v) is 11.0. The van der Waals surface area contributed by atoms with E-state index in [4.69, 9.17) is 24.7 Å². The first kappa shape index (κ1) is 35.1. The van der Waals surface area contributed by atoms with Crippen molar-refractivity contribution >= 4 is 23.9 Å². The molecule has 0 bridgehead atoms. The van der Waals surface area contributed by atoms with Crippen molar-refractivity contribution in [3.8, 4) is 11.5 Å². The second-order valence-electron chi connectivity index (χ2n) is 11.0. The van der Waals surface area contributed by atoms with Crippen LogP contribution in [0.25, 0.3) is 0 Å². The molecule has 0 aliphatic heterocycles. The van der Waals surface area contributed by atoms with Crippen molar-refractivity contribution in [2.75, 3.05) is 7.11 Å². The topological polar surface area (TPSA) is 131 Å². The minimum absolute atomic E-state index is 0.00159. The molecule has 0 heterocycles. The molecule has 0 saturated heterocycles. The van der Waals surface area contributed by atoms with Gasteiger partial charge in [0.2, 0.25) is 0 Å². The summed E-state index contributed by atoms with van der Waals surface area (Å²) in [5.74, 6) is -2.66. The molecule has 1 aromatic carbocycles. The summed E-state index contributed by atoms with van der Waals surface area (Å²) in [6.07, 6.45) is 3.84. The summed E-state index contributed by atoms with van der Waals surface area (Å²) in [6, 6.07) is 4.74. The van der Waals surface area contributed by atoms with Gasteiger partial charge < -0.3 is 24.7 Å². The van der Waals surface area contributed by atoms with Crippen molar-refractivity contribution in [3.63, 3.8) is 0 Å². The van der Waals surface area contributed by atoms with E-state index in [0.717, 1.165) is 19.3 Å². The Morgan fingerprint density at radius 1 is 0.775 bits per heavy atom. The molecule has 0 aromatic heterocycles. The fourth-order valence-electron chi connectivity index (χ4n) is 4.56. The van der Waals surface area contributed by atoms with Crippen LogP contribution in [0.15, 0.2) is 18.2 Å². The zero-order valence-corrected chi connectivity index (χ0v) is 25.5. The second kappa shape index (κ2) is 17.0. The van der Waals surface area contributed by atoms with Crippen LogP contribution in [-0.2, 0) is 35.1 Å². The van der Waals surface area contributed by atoms with Crippen molar-refractivity contribution < 1.29 is 38.1 Å². The fraction of sp³-hybridized carbons (Fsp3) is 0.677. The van der Waals surface area contributed by atoms with Crippen LogP contribution in [-0.4, -0.2) is 42.6 Å². The van der Waals surface area contributed by atoms with E-state index in [9.17, 15) is 19.2 Å². The maximum Gasteiger partial charge on any atom is 0.326 e. The molecule has 226 valence electrons. The van der Waals surface area contributed by atoms with Gasteiger partial charge >= 0.3 is 23.9 Å². The van der Waals surface area contributed by atoms with Crippen LogP contribution in [0.4, 0.5) is 0 Å². The summed E-state index contributed by atoms with van der Waals surface area (Å²) in [4.78, 5) is 50.6. The van der Waals surface area contributed by atoms with Gasteiger partial charge in [-0.25, -0.2) is 0 Å². The number of carbonyl (C=O) groups excluding carboxylic acids is 4. The number of methoxy groups -OCH3 is 1. The van der Waals surface area contributed by atoms with Crippen LogP contribution in [0.1, 0.15) is 99.0 Å². The molecule has 0 aliphatic rings. The van der Waals surface area contributed by atoms with E-state index in [-0.39, 0.29) is 48.1 Å². The Morgan fingerprint density at radius 2 is 1.25 bits per heavy atom. The Labute approximate surface area is 239 Å². The molecule has 9 nitrogen and oxygen atoms in total. The summed E-state index contributed by atoms with van der Waals surface area (Å²) in [5, 5.41) is 0. The van der Waals surface area contributed by atoms with Gasteiger partial charge in [-0.2, -0.15) is 0 Å². The van der Waals surface area contributed by atoms with E-state index in [1.807, 2.05) is 20.8 Å². The lowest BCUT2D eigenvalue weighted by Gasteiger charge is -2.30. The van der Waals surface area contributed by atoms with Gasteiger partial charge in [-0.3, -0.25) is 19.2 Å². The van der Waals surface area contributed by atoms with E-state index >= 15 is 0 Å². The molecular weight excluding hydrogens is 514 g/mol. The number of ether oxygens (including phenoxy) is 4. The van der Waals surface area contributed by atoms with Crippen LogP contribution >= 0.6 is 0 Å². The normalized spacial score (nSPS) is 15.6. The predicted molar refractivity (Wildman–Crippen MR) is 153 cm³/mol. The van der Waals surface area contributed by atoms with E-state index in [1.54, 1.807) is 39.8 Å². The third kappa shape index (κ3) is 10.9. The minimum atomic E-state index is -1.53. The lowest BCUT2D eigenvalue weighted by molar-refractivity contribution is -0.157. The Bertz CT molecular complexity index is 994. The first-order chi connectivity index (χ1) is 18.8. The van der Waals surface area contributed by atoms with Gasteiger partial charge in [0.15, 0.2) is 11.5 Å². The predicted octanol–water partition coefficient (Wildman–Crippen LogP) is 5.54. The highest BCUT2D eigenvalue weighted by Gasteiger charge is 2.38. The molecule has 4 unspecified atom stereocenters. The van der Waals surface area contributed by atoms with Crippen molar-refractivity contribution in [2.24, 2.45) is 23.5 Å². The zero-order chi connectivity index (χ0) is 30.5. The van der Waals surface area contributed by atoms with Crippen LogP contribution < -0.4 is 15.2 Å². The molecule has 1 rings (SSSR count). The SMILES string of the molecule is CCCC(C)C(=O)Oc1ccc(CC(N)(C[C@H](C)OC(=O)C(C)CCC)C(=O)OC)cc1OC(=O)C(C)CCC. The summed E-state index contributed by atoms with van der Waals surface area (Å²) in [5.41, 5.74) is 5.59. The molecule has 5 atom stereocenters. The molecule has 0 fully saturated rings. The molecule has 0 aliphatic carbocycles. The number of nitrogens with two attached hydrogens (primary N) is 1. The van der Waals surface area contributed by atoms with E-state index < -0.39 is 29.6 Å². The number of benzene rings is 1. The third-order valence-corrected chi connectivity index (χ3v) is 6.88. The van der Waals surface area contributed by atoms with E-state index in [0.29, 0.717) is 24.8 Å². The van der Waals surface area contributed by atoms with Crippen molar-refractivity contribution in [1.29, 1.82) is 0 Å². The van der Waals surface area contributed by atoms with Crippen LogP contribution in [0, 0.1) is 17.8 Å². The Morgan fingerprint density at radius 3 is 1.73 bits per heavy atom. The van der Waals surface area contributed by atoms with Crippen molar-refractivity contribution in [2.45, 2.75) is 111 Å². The maximum atomic E-state index is 12.8. The smallest absolute Gasteiger partial charge is 0.326 e. The van der Waals surface area contributed by atoms with Gasteiger partial charge in [-0.1, -0.05) is 66.9 Å². The lowest BCUT2D eigenvalue weighted by atomic mass is 9.86. The molecule has 0 amide bonds. The maximum absolute atomic E-state index is 12.8. The quantitative estimate of drug-likeness (QED) is 0.192. The van der Waals surface area contributed by atoms with Gasteiger partial charge in [0.05, 0.1) is 24.9 Å². The number of carbonyl (C=O) groups is 4. The minimum Gasteiger partial charge on any atom is -0.468 e. The number of hydrogen-bond acceptors (Lipinski definition) is 9. The van der Waals surface area contributed by atoms with Gasteiger partial charge in [-0.15, -0.1) is 0 Å². The number of esters is 4. The van der Waals surface area contributed by atoms with Crippen LogP contribution in [0.5, 0.6) is 11.5 Å². The van der Waals surface area contributed by atoms with E-state index in [2.05, 4.69) is 0 Å². The summed E-state index contributed by atoms with van der Waals surface area (Å²) >= 11 is 0. The highest BCUT2D eigenvalue weighted by molar-refractivity contribution is 5.81. The van der Waals surface area contributed by atoms with Gasteiger partial charge in [0.25, 0.3) is 0 Å². The largest absolute Gasteiger partial charge is 0.468 e.